The van der Waals surface area contributed by atoms with Gasteiger partial charge in [0.25, 0.3) is 0 Å². The first-order chi connectivity index (χ1) is 13.1. The fraction of sp³-hybridized carbons (Fsp3) is 0.263. The Bertz CT molecular complexity index is 915. The van der Waals surface area contributed by atoms with Crippen LogP contribution < -0.4 is 5.32 Å². The number of aromatic nitrogens is 4. The summed E-state index contributed by atoms with van der Waals surface area (Å²) >= 11 is 7.52. The highest BCUT2D eigenvalue weighted by atomic mass is 35.5. The standard InChI is InChI=1S/C19H20ClN5OS/c1-3-25-17(14-8-10-21-11-9-14)23-24-19(25)27-13(2)18(26)22-12-15-6-4-5-7-16(15)20/h4-11,13H,3,12H2,1-2H3,(H,22,26). The average molecular weight is 402 g/mol. The van der Waals surface area contributed by atoms with Crippen LogP contribution in [-0.4, -0.2) is 30.9 Å². The Hall–Kier alpha value is -2.38. The largest absolute Gasteiger partial charge is 0.351 e. The molecule has 0 aliphatic heterocycles. The molecule has 1 amide bonds. The molecule has 0 saturated carbocycles. The van der Waals surface area contributed by atoms with Gasteiger partial charge in [-0.2, -0.15) is 0 Å². The van der Waals surface area contributed by atoms with Crippen LogP contribution in [0.25, 0.3) is 11.4 Å². The summed E-state index contributed by atoms with van der Waals surface area (Å²) in [6, 6.07) is 11.3. The van der Waals surface area contributed by atoms with Crippen molar-refractivity contribution in [1.29, 1.82) is 0 Å². The molecule has 1 N–H and O–H groups in total. The third-order valence-electron chi connectivity index (χ3n) is 4.03. The Morgan fingerprint density at radius 2 is 1.96 bits per heavy atom. The van der Waals surface area contributed by atoms with Crippen LogP contribution in [0.3, 0.4) is 0 Å². The molecule has 0 saturated heterocycles. The second-order valence-corrected chi connectivity index (χ2v) is 7.57. The Kier molecular flexibility index (Phi) is 6.47. The van der Waals surface area contributed by atoms with E-state index < -0.39 is 0 Å². The zero-order valence-electron chi connectivity index (χ0n) is 15.1. The topological polar surface area (TPSA) is 72.7 Å². The summed E-state index contributed by atoms with van der Waals surface area (Å²) in [5.74, 6) is 0.696. The van der Waals surface area contributed by atoms with Crippen LogP contribution in [0.2, 0.25) is 5.02 Å². The normalized spacial score (nSPS) is 12.0. The van der Waals surface area contributed by atoms with Gasteiger partial charge in [-0.3, -0.25) is 9.78 Å². The molecule has 0 radical (unpaired) electrons. The number of nitrogens with one attached hydrogen (secondary N) is 1. The lowest BCUT2D eigenvalue weighted by atomic mass is 10.2. The highest BCUT2D eigenvalue weighted by Crippen LogP contribution is 2.26. The Labute approximate surface area is 167 Å². The summed E-state index contributed by atoms with van der Waals surface area (Å²) in [7, 11) is 0. The quantitative estimate of drug-likeness (QED) is 0.609. The van der Waals surface area contributed by atoms with E-state index in [1.807, 2.05) is 54.8 Å². The first kappa shape index (κ1) is 19.4. The van der Waals surface area contributed by atoms with Gasteiger partial charge < -0.3 is 9.88 Å². The number of hydrogen-bond donors (Lipinski definition) is 1. The number of carbonyl (C=O) groups excluding carboxylic acids is 1. The van der Waals surface area contributed by atoms with Crippen LogP contribution >= 0.6 is 23.4 Å². The number of benzene rings is 1. The van der Waals surface area contributed by atoms with E-state index in [-0.39, 0.29) is 11.2 Å². The van der Waals surface area contributed by atoms with Gasteiger partial charge in [0, 0.05) is 36.1 Å². The van der Waals surface area contributed by atoms with Gasteiger partial charge in [0.2, 0.25) is 5.91 Å². The van der Waals surface area contributed by atoms with Gasteiger partial charge in [-0.05, 0) is 37.6 Å². The molecule has 3 aromatic rings. The fourth-order valence-electron chi connectivity index (χ4n) is 2.55. The van der Waals surface area contributed by atoms with E-state index in [2.05, 4.69) is 20.5 Å². The molecule has 140 valence electrons. The van der Waals surface area contributed by atoms with Crippen LogP contribution in [0.4, 0.5) is 0 Å². The summed E-state index contributed by atoms with van der Waals surface area (Å²) in [5.41, 5.74) is 1.84. The highest BCUT2D eigenvalue weighted by Gasteiger charge is 2.20. The number of hydrogen-bond acceptors (Lipinski definition) is 5. The van der Waals surface area contributed by atoms with E-state index >= 15 is 0 Å². The molecule has 8 heteroatoms. The molecule has 2 heterocycles. The van der Waals surface area contributed by atoms with Crippen molar-refractivity contribution in [2.45, 2.75) is 37.3 Å². The molecule has 1 aromatic carbocycles. The van der Waals surface area contributed by atoms with Crippen molar-refractivity contribution in [3.63, 3.8) is 0 Å². The average Bonchev–Trinajstić information content (AvgIpc) is 3.10. The molecule has 0 spiro atoms. The lowest BCUT2D eigenvalue weighted by Crippen LogP contribution is -2.30. The third-order valence-corrected chi connectivity index (χ3v) is 5.48. The zero-order chi connectivity index (χ0) is 19.2. The SMILES string of the molecule is CCn1c(SC(C)C(=O)NCc2ccccc2Cl)nnc1-c1ccncc1. The van der Waals surface area contributed by atoms with Gasteiger partial charge in [-0.1, -0.05) is 41.6 Å². The summed E-state index contributed by atoms with van der Waals surface area (Å²) < 4.78 is 2.00. The number of pyridine rings is 1. The van der Waals surface area contributed by atoms with E-state index in [0.29, 0.717) is 23.3 Å². The highest BCUT2D eigenvalue weighted by molar-refractivity contribution is 8.00. The van der Waals surface area contributed by atoms with Crippen LogP contribution in [0.15, 0.2) is 53.9 Å². The Balaban J connectivity index is 1.67. The van der Waals surface area contributed by atoms with Crippen LogP contribution in [0, 0.1) is 0 Å². The van der Waals surface area contributed by atoms with Crippen molar-refractivity contribution in [3.8, 4) is 11.4 Å². The molecule has 0 bridgehead atoms. The maximum atomic E-state index is 12.5. The second-order valence-electron chi connectivity index (χ2n) is 5.86. The van der Waals surface area contributed by atoms with Crippen molar-refractivity contribution in [1.82, 2.24) is 25.1 Å². The van der Waals surface area contributed by atoms with Crippen LogP contribution in [-0.2, 0) is 17.9 Å². The predicted octanol–water partition coefficient (Wildman–Crippen LogP) is 3.81. The van der Waals surface area contributed by atoms with Gasteiger partial charge in [0.05, 0.1) is 5.25 Å². The van der Waals surface area contributed by atoms with Crippen LogP contribution in [0.5, 0.6) is 0 Å². The molecule has 27 heavy (non-hydrogen) atoms. The molecule has 0 aliphatic rings. The van der Waals surface area contributed by atoms with Gasteiger partial charge in [0.1, 0.15) is 0 Å². The fourth-order valence-corrected chi connectivity index (χ4v) is 3.69. The number of amides is 1. The van der Waals surface area contributed by atoms with E-state index in [1.54, 1.807) is 12.4 Å². The minimum Gasteiger partial charge on any atom is -0.351 e. The summed E-state index contributed by atoms with van der Waals surface area (Å²) in [4.78, 5) is 16.5. The molecular formula is C19H20ClN5OS. The van der Waals surface area contributed by atoms with Crippen molar-refractivity contribution in [2.24, 2.45) is 0 Å². The van der Waals surface area contributed by atoms with Gasteiger partial charge in [-0.25, -0.2) is 0 Å². The van der Waals surface area contributed by atoms with Crippen molar-refractivity contribution < 1.29 is 4.79 Å². The molecule has 2 aromatic heterocycles. The number of nitrogens with zero attached hydrogens (tertiary/aromatic N) is 4. The number of thioether (sulfide) groups is 1. The molecule has 1 unspecified atom stereocenters. The van der Waals surface area contributed by atoms with Crippen molar-refractivity contribution in [3.05, 3.63) is 59.4 Å². The van der Waals surface area contributed by atoms with Gasteiger partial charge in [-0.15, -0.1) is 10.2 Å². The van der Waals surface area contributed by atoms with Crippen LogP contribution in [0.1, 0.15) is 19.4 Å². The molecule has 3 rings (SSSR count). The minimum atomic E-state index is -0.313. The predicted molar refractivity (Wildman–Crippen MR) is 108 cm³/mol. The monoisotopic (exact) mass is 401 g/mol. The summed E-state index contributed by atoms with van der Waals surface area (Å²) in [6.45, 7) is 4.99. The third kappa shape index (κ3) is 4.67. The van der Waals surface area contributed by atoms with Gasteiger partial charge >= 0.3 is 0 Å². The molecule has 6 nitrogen and oxygen atoms in total. The maximum absolute atomic E-state index is 12.5. The van der Waals surface area contributed by atoms with E-state index in [4.69, 9.17) is 11.6 Å². The number of rotatable bonds is 7. The Morgan fingerprint density at radius 3 is 2.67 bits per heavy atom. The molecular weight excluding hydrogens is 382 g/mol. The minimum absolute atomic E-state index is 0.0731. The van der Waals surface area contributed by atoms with Gasteiger partial charge in [0.15, 0.2) is 11.0 Å². The Morgan fingerprint density at radius 1 is 1.22 bits per heavy atom. The van der Waals surface area contributed by atoms with Crippen molar-refractivity contribution >= 4 is 29.3 Å². The molecule has 0 aliphatic carbocycles. The van der Waals surface area contributed by atoms with Crippen molar-refractivity contribution in [2.75, 3.05) is 0 Å². The second kappa shape index (κ2) is 9.01. The number of halogens is 1. The van der Waals surface area contributed by atoms with E-state index in [1.165, 1.54) is 11.8 Å². The molecule has 1 atom stereocenters. The smallest absolute Gasteiger partial charge is 0.233 e. The van der Waals surface area contributed by atoms with E-state index in [0.717, 1.165) is 17.0 Å². The first-order valence-electron chi connectivity index (χ1n) is 8.61. The summed E-state index contributed by atoms with van der Waals surface area (Å²) in [5, 5.41) is 12.5. The summed E-state index contributed by atoms with van der Waals surface area (Å²) in [6.07, 6.45) is 3.45. The lowest BCUT2D eigenvalue weighted by molar-refractivity contribution is -0.120. The zero-order valence-corrected chi connectivity index (χ0v) is 16.7. The lowest BCUT2D eigenvalue weighted by Gasteiger charge is -2.13. The number of carbonyl (C=O) groups is 1. The first-order valence-corrected chi connectivity index (χ1v) is 9.87. The van der Waals surface area contributed by atoms with E-state index in [9.17, 15) is 4.79 Å². The molecule has 0 fully saturated rings. The maximum Gasteiger partial charge on any atom is 0.233 e.